The van der Waals surface area contributed by atoms with E-state index in [1.807, 2.05) is 37.3 Å². The van der Waals surface area contributed by atoms with Crippen molar-refractivity contribution < 1.29 is 9.53 Å². The third-order valence-corrected chi connectivity index (χ3v) is 2.27. The van der Waals surface area contributed by atoms with Gasteiger partial charge in [0.15, 0.2) is 0 Å². The number of carbonyl (C=O) groups is 1. The lowest BCUT2D eigenvalue weighted by molar-refractivity contribution is -0.142. The van der Waals surface area contributed by atoms with E-state index in [1.54, 1.807) is 0 Å². The molecule has 0 aliphatic heterocycles. The number of hydrogen-bond acceptors (Lipinski definition) is 2. The summed E-state index contributed by atoms with van der Waals surface area (Å²) >= 11 is 0. The number of rotatable bonds is 6. The van der Waals surface area contributed by atoms with Gasteiger partial charge in [0, 0.05) is 6.42 Å². The maximum atomic E-state index is 11.3. The molecule has 0 aliphatic carbocycles. The number of aryl methyl sites for hydroxylation is 1. The normalized spacial score (nSPS) is 10.6. The Hall–Kier alpha value is -1.57. The second-order valence-corrected chi connectivity index (χ2v) is 3.59. The number of carbonyl (C=O) groups excluding carboxylic acids is 1. The highest BCUT2D eigenvalue weighted by molar-refractivity contribution is 5.69. The highest BCUT2D eigenvalue weighted by atomic mass is 16.5. The first-order valence-electron chi connectivity index (χ1n) is 5.63. The van der Waals surface area contributed by atoms with Crippen LogP contribution in [0.1, 0.15) is 25.3 Å². The van der Waals surface area contributed by atoms with Gasteiger partial charge in [0.2, 0.25) is 0 Å². The van der Waals surface area contributed by atoms with Crippen LogP contribution in [0.5, 0.6) is 0 Å². The summed E-state index contributed by atoms with van der Waals surface area (Å²) in [6.45, 7) is 2.30. The fourth-order valence-electron chi connectivity index (χ4n) is 1.39. The summed E-state index contributed by atoms with van der Waals surface area (Å²) in [5, 5.41) is 0. The zero-order chi connectivity index (χ0) is 11.6. The van der Waals surface area contributed by atoms with Crippen molar-refractivity contribution in [2.45, 2.75) is 26.2 Å². The Kier molecular flexibility index (Phi) is 6.00. The minimum atomic E-state index is -0.117. The van der Waals surface area contributed by atoms with E-state index in [-0.39, 0.29) is 5.97 Å². The minimum absolute atomic E-state index is 0.117. The molecule has 0 heterocycles. The van der Waals surface area contributed by atoms with Crippen molar-refractivity contribution in [3.8, 4) is 0 Å². The van der Waals surface area contributed by atoms with Crippen molar-refractivity contribution in [1.82, 2.24) is 0 Å². The van der Waals surface area contributed by atoms with Gasteiger partial charge < -0.3 is 4.74 Å². The van der Waals surface area contributed by atoms with Crippen LogP contribution in [0.4, 0.5) is 0 Å². The average molecular weight is 218 g/mol. The molecule has 0 aromatic heterocycles. The second-order valence-electron chi connectivity index (χ2n) is 3.59. The van der Waals surface area contributed by atoms with Crippen LogP contribution >= 0.6 is 0 Å². The Morgan fingerprint density at radius 2 is 2.06 bits per heavy atom. The number of hydrogen-bond donors (Lipinski definition) is 0. The molecule has 0 radical (unpaired) electrons. The zero-order valence-electron chi connectivity index (χ0n) is 9.69. The smallest absolute Gasteiger partial charge is 0.306 e. The monoisotopic (exact) mass is 218 g/mol. The molecule has 0 aliphatic rings. The number of ether oxygens (including phenoxy) is 1. The molecule has 2 heteroatoms. The molecule has 1 rings (SSSR count). The summed E-state index contributed by atoms with van der Waals surface area (Å²) in [6.07, 6.45) is 5.97. The molecule has 0 amide bonds. The van der Waals surface area contributed by atoms with Crippen molar-refractivity contribution in [2.75, 3.05) is 6.61 Å². The number of allylic oxidation sites excluding steroid dienone is 1. The van der Waals surface area contributed by atoms with Crippen LogP contribution in [-0.2, 0) is 16.0 Å². The number of benzene rings is 1. The molecule has 0 saturated carbocycles. The number of esters is 1. The highest BCUT2D eigenvalue weighted by Gasteiger charge is 2.01. The highest BCUT2D eigenvalue weighted by Crippen LogP contribution is 2.05. The molecule has 0 bridgehead atoms. The lowest BCUT2D eigenvalue weighted by Gasteiger charge is -2.02. The summed E-state index contributed by atoms with van der Waals surface area (Å²) in [4.78, 5) is 11.3. The van der Waals surface area contributed by atoms with Gasteiger partial charge >= 0.3 is 5.97 Å². The van der Waals surface area contributed by atoms with Crippen LogP contribution in [0, 0.1) is 0 Å². The van der Waals surface area contributed by atoms with Gasteiger partial charge in [-0.05, 0) is 25.3 Å². The first kappa shape index (κ1) is 12.5. The van der Waals surface area contributed by atoms with E-state index in [1.165, 1.54) is 5.56 Å². The average Bonchev–Trinajstić information content (AvgIpc) is 2.31. The molecule has 0 fully saturated rings. The Morgan fingerprint density at radius 3 is 2.75 bits per heavy atom. The van der Waals surface area contributed by atoms with Crippen LogP contribution in [-0.4, -0.2) is 12.6 Å². The van der Waals surface area contributed by atoms with E-state index in [0.717, 1.165) is 12.8 Å². The molecule has 1 aromatic rings. The first-order chi connectivity index (χ1) is 7.83. The predicted octanol–water partition coefficient (Wildman–Crippen LogP) is 3.13. The molecule has 86 valence electrons. The lowest BCUT2D eigenvalue weighted by Crippen LogP contribution is -2.04. The Balaban J connectivity index is 2.13. The molecule has 0 unspecified atom stereocenters. The third kappa shape index (κ3) is 5.35. The SMILES string of the molecule is C/C=C/COC(=O)CCCc1ccccc1. The molecule has 0 spiro atoms. The van der Waals surface area contributed by atoms with Crippen molar-refractivity contribution in [1.29, 1.82) is 0 Å². The van der Waals surface area contributed by atoms with Gasteiger partial charge in [0.25, 0.3) is 0 Å². The largest absolute Gasteiger partial charge is 0.461 e. The summed E-state index contributed by atoms with van der Waals surface area (Å²) < 4.78 is 4.99. The Labute approximate surface area is 96.9 Å². The fourth-order valence-corrected chi connectivity index (χ4v) is 1.39. The lowest BCUT2D eigenvalue weighted by atomic mass is 10.1. The molecule has 2 nitrogen and oxygen atoms in total. The van der Waals surface area contributed by atoms with Crippen molar-refractivity contribution in [2.24, 2.45) is 0 Å². The van der Waals surface area contributed by atoms with E-state index in [9.17, 15) is 4.79 Å². The van der Waals surface area contributed by atoms with Gasteiger partial charge in [-0.3, -0.25) is 4.79 Å². The standard InChI is InChI=1S/C14H18O2/c1-2-3-12-16-14(15)11-7-10-13-8-5-4-6-9-13/h2-6,8-9H,7,10-12H2,1H3/b3-2+. The topological polar surface area (TPSA) is 26.3 Å². The molecular formula is C14H18O2. The summed E-state index contributed by atoms with van der Waals surface area (Å²) in [6, 6.07) is 10.2. The van der Waals surface area contributed by atoms with Crippen LogP contribution in [0.15, 0.2) is 42.5 Å². The summed E-state index contributed by atoms with van der Waals surface area (Å²) in [5.74, 6) is -0.117. The maximum Gasteiger partial charge on any atom is 0.306 e. The van der Waals surface area contributed by atoms with Crippen LogP contribution < -0.4 is 0 Å². The van der Waals surface area contributed by atoms with Crippen molar-refractivity contribution in [3.63, 3.8) is 0 Å². The van der Waals surface area contributed by atoms with Gasteiger partial charge in [0.1, 0.15) is 6.61 Å². The molecule has 0 saturated heterocycles. The molecule has 0 atom stereocenters. The molecule has 1 aromatic carbocycles. The van der Waals surface area contributed by atoms with Crippen LogP contribution in [0.3, 0.4) is 0 Å². The van der Waals surface area contributed by atoms with E-state index >= 15 is 0 Å². The Bertz CT molecular complexity index is 328. The minimum Gasteiger partial charge on any atom is -0.461 e. The second kappa shape index (κ2) is 7.69. The van der Waals surface area contributed by atoms with Crippen LogP contribution in [0.2, 0.25) is 0 Å². The van der Waals surface area contributed by atoms with Crippen molar-refractivity contribution >= 4 is 5.97 Å². The van der Waals surface area contributed by atoms with Crippen molar-refractivity contribution in [3.05, 3.63) is 48.0 Å². The van der Waals surface area contributed by atoms with Crippen LogP contribution in [0.25, 0.3) is 0 Å². The van der Waals surface area contributed by atoms with E-state index in [0.29, 0.717) is 13.0 Å². The maximum absolute atomic E-state index is 11.3. The summed E-state index contributed by atoms with van der Waals surface area (Å²) in [5.41, 5.74) is 1.27. The predicted molar refractivity (Wildman–Crippen MR) is 65.2 cm³/mol. The molecule has 16 heavy (non-hydrogen) atoms. The van der Waals surface area contributed by atoms with E-state index < -0.39 is 0 Å². The molecule has 0 N–H and O–H groups in total. The van der Waals surface area contributed by atoms with Gasteiger partial charge in [-0.1, -0.05) is 42.5 Å². The first-order valence-corrected chi connectivity index (χ1v) is 5.63. The van der Waals surface area contributed by atoms with Gasteiger partial charge in [0.05, 0.1) is 0 Å². The van der Waals surface area contributed by atoms with E-state index in [4.69, 9.17) is 4.74 Å². The third-order valence-electron chi connectivity index (χ3n) is 2.27. The Morgan fingerprint density at radius 1 is 1.31 bits per heavy atom. The van der Waals surface area contributed by atoms with Gasteiger partial charge in [-0.15, -0.1) is 0 Å². The van der Waals surface area contributed by atoms with Gasteiger partial charge in [-0.25, -0.2) is 0 Å². The molecular weight excluding hydrogens is 200 g/mol. The quantitative estimate of drug-likeness (QED) is 0.541. The fraction of sp³-hybridized carbons (Fsp3) is 0.357. The summed E-state index contributed by atoms with van der Waals surface area (Å²) in [7, 11) is 0. The zero-order valence-corrected chi connectivity index (χ0v) is 9.69. The van der Waals surface area contributed by atoms with E-state index in [2.05, 4.69) is 12.1 Å². The van der Waals surface area contributed by atoms with Gasteiger partial charge in [-0.2, -0.15) is 0 Å².